The summed E-state index contributed by atoms with van der Waals surface area (Å²) in [5, 5.41) is 0. The second-order valence-corrected chi connectivity index (χ2v) is 5.60. The minimum atomic E-state index is 0.124. The number of likely N-dealkylation sites (N-methyl/N-ethyl adjacent to an activating group) is 1. The summed E-state index contributed by atoms with van der Waals surface area (Å²) < 4.78 is 0. The molecule has 20 heavy (non-hydrogen) atoms. The Morgan fingerprint density at radius 3 is 2.45 bits per heavy atom. The zero-order valence-electron chi connectivity index (χ0n) is 11.8. The van der Waals surface area contributed by atoms with Crippen LogP contribution < -0.4 is 0 Å². The van der Waals surface area contributed by atoms with E-state index in [9.17, 15) is 4.79 Å². The molecule has 0 aromatic heterocycles. The van der Waals surface area contributed by atoms with Crippen molar-refractivity contribution in [2.75, 3.05) is 7.05 Å². The van der Waals surface area contributed by atoms with E-state index in [4.69, 9.17) is 0 Å². The van der Waals surface area contributed by atoms with Gasteiger partial charge in [-0.15, -0.1) is 12.6 Å². The summed E-state index contributed by atoms with van der Waals surface area (Å²) in [7, 11) is 1.84. The molecule has 2 aromatic carbocycles. The van der Waals surface area contributed by atoms with Gasteiger partial charge in [-0.05, 0) is 30.2 Å². The lowest BCUT2D eigenvalue weighted by molar-refractivity contribution is -0.129. The van der Waals surface area contributed by atoms with Crippen molar-refractivity contribution in [3.8, 4) is 0 Å². The first kappa shape index (κ1) is 14.7. The van der Waals surface area contributed by atoms with Crippen molar-refractivity contribution in [2.24, 2.45) is 0 Å². The molecule has 3 heteroatoms. The molecule has 1 amide bonds. The maximum Gasteiger partial charge on any atom is 0.227 e. The third kappa shape index (κ3) is 4.14. The number of nitrogens with zero attached hydrogens (tertiary/aromatic N) is 1. The van der Waals surface area contributed by atoms with Crippen molar-refractivity contribution in [2.45, 2.75) is 24.8 Å². The molecule has 0 aliphatic carbocycles. The largest absolute Gasteiger partial charge is 0.341 e. The highest BCUT2D eigenvalue weighted by molar-refractivity contribution is 7.80. The SMILES string of the molecule is Cc1cccc(CN(C)C(=O)Cc2ccc(S)cc2)c1. The van der Waals surface area contributed by atoms with Crippen LogP contribution in [0.5, 0.6) is 0 Å². The average Bonchev–Trinajstić information content (AvgIpc) is 2.41. The lowest BCUT2D eigenvalue weighted by atomic mass is 10.1. The molecule has 2 rings (SSSR count). The van der Waals surface area contributed by atoms with Gasteiger partial charge >= 0.3 is 0 Å². The van der Waals surface area contributed by atoms with Crippen molar-refractivity contribution in [3.63, 3.8) is 0 Å². The van der Waals surface area contributed by atoms with E-state index < -0.39 is 0 Å². The Balaban J connectivity index is 1.96. The predicted octanol–water partition coefficient (Wildman–Crippen LogP) is 3.48. The van der Waals surface area contributed by atoms with E-state index in [1.54, 1.807) is 4.90 Å². The highest BCUT2D eigenvalue weighted by Gasteiger charge is 2.10. The summed E-state index contributed by atoms with van der Waals surface area (Å²) >= 11 is 4.24. The van der Waals surface area contributed by atoms with Crippen LogP contribution in [-0.2, 0) is 17.8 Å². The van der Waals surface area contributed by atoms with Crippen LogP contribution in [0.4, 0.5) is 0 Å². The van der Waals surface area contributed by atoms with Crippen LogP contribution >= 0.6 is 12.6 Å². The van der Waals surface area contributed by atoms with Gasteiger partial charge in [-0.1, -0.05) is 42.0 Å². The van der Waals surface area contributed by atoms with Gasteiger partial charge in [0.2, 0.25) is 5.91 Å². The van der Waals surface area contributed by atoms with Gasteiger partial charge in [-0.25, -0.2) is 0 Å². The number of carbonyl (C=O) groups is 1. The number of hydrogen-bond acceptors (Lipinski definition) is 2. The monoisotopic (exact) mass is 285 g/mol. The first-order chi connectivity index (χ1) is 9.54. The third-order valence-electron chi connectivity index (χ3n) is 3.22. The minimum Gasteiger partial charge on any atom is -0.341 e. The molecule has 104 valence electrons. The molecule has 0 radical (unpaired) electrons. The second kappa shape index (κ2) is 6.62. The van der Waals surface area contributed by atoms with Gasteiger partial charge in [0, 0.05) is 18.5 Å². The van der Waals surface area contributed by atoms with E-state index in [1.807, 2.05) is 43.4 Å². The molecule has 0 aliphatic rings. The maximum absolute atomic E-state index is 12.2. The summed E-state index contributed by atoms with van der Waals surface area (Å²) in [5.41, 5.74) is 3.39. The van der Waals surface area contributed by atoms with Gasteiger partial charge in [-0.2, -0.15) is 0 Å². The maximum atomic E-state index is 12.2. The molecule has 0 bridgehead atoms. The van der Waals surface area contributed by atoms with Crippen molar-refractivity contribution in [1.29, 1.82) is 0 Å². The molecule has 0 atom stereocenters. The quantitative estimate of drug-likeness (QED) is 0.853. The minimum absolute atomic E-state index is 0.124. The van der Waals surface area contributed by atoms with Gasteiger partial charge in [-0.3, -0.25) is 4.79 Å². The lowest BCUT2D eigenvalue weighted by Crippen LogP contribution is -2.27. The Bertz CT molecular complexity index is 592. The number of amides is 1. The molecule has 0 unspecified atom stereocenters. The third-order valence-corrected chi connectivity index (χ3v) is 3.52. The highest BCUT2D eigenvalue weighted by Crippen LogP contribution is 2.11. The molecule has 0 heterocycles. The summed E-state index contributed by atoms with van der Waals surface area (Å²) in [4.78, 5) is 14.9. The fraction of sp³-hybridized carbons (Fsp3) is 0.235. The number of carbonyl (C=O) groups excluding carboxylic acids is 1. The molecular formula is C17H19NOS. The van der Waals surface area contributed by atoms with Crippen LogP contribution in [0.3, 0.4) is 0 Å². The Kier molecular flexibility index (Phi) is 4.85. The van der Waals surface area contributed by atoms with Gasteiger partial charge < -0.3 is 4.90 Å². The summed E-state index contributed by atoms with van der Waals surface area (Å²) in [5.74, 6) is 0.124. The Morgan fingerprint density at radius 1 is 1.10 bits per heavy atom. The van der Waals surface area contributed by atoms with E-state index in [0.717, 1.165) is 16.0 Å². The van der Waals surface area contributed by atoms with Crippen molar-refractivity contribution < 1.29 is 4.79 Å². The van der Waals surface area contributed by atoms with Crippen LogP contribution in [0.25, 0.3) is 0 Å². The molecule has 0 N–H and O–H groups in total. The van der Waals surface area contributed by atoms with E-state index in [1.165, 1.54) is 5.56 Å². The van der Waals surface area contributed by atoms with E-state index in [-0.39, 0.29) is 5.91 Å². The Labute approximate surface area is 125 Å². The topological polar surface area (TPSA) is 20.3 Å². The van der Waals surface area contributed by atoms with E-state index in [2.05, 4.69) is 31.7 Å². The van der Waals surface area contributed by atoms with Crippen LogP contribution in [0, 0.1) is 6.92 Å². The van der Waals surface area contributed by atoms with Crippen LogP contribution in [-0.4, -0.2) is 17.9 Å². The zero-order chi connectivity index (χ0) is 14.5. The van der Waals surface area contributed by atoms with Gasteiger partial charge in [0.05, 0.1) is 6.42 Å². The molecule has 0 aliphatic heterocycles. The van der Waals surface area contributed by atoms with Crippen LogP contribution in [0.1, 0.15) is 16.7 Å². The Morgan fingerprint density at radius 2 is 1.80 bits per heavy atom. The number of hydrogen-bond donors (Lipinski definition) is 1. The van der Waals surface area contributed by atoms with Gasteiger partial charge in [0.25, 0.3) is 0 Å². The molecule has 0 spiro atoms. The van der Waals surface area contributed by atoms with Crippen molar-refractivity contribution in [3.05, 3.63) is 65.2 Å². The number of thiol groups is 1. The van der Waals surface area contributed by atoms with Crippen LogP contribution in [0.15, 0.2) is 53.4 Å². The predicted molar refractivity (Wildman–Crippen MR) is 85.1 cm³/mol. The highest BCUT2D eigenvalue weighted by atomic mass is 32.1. The molecule has 0 saturated heterocycles. The van der Waals surface area contributed by atoms with Crippen molar-refractivity contribution in [1.82, 2.24) is 4.90 Å². The number of aryl methyl sites for hydroxylation is 1. The molecule has 2 aromatic rings. The average molecular weight is 285 g/mol. The first-order valence-electron chi connectivity index (χ1n) is 6.62. The smallest absolute Gasteiger partial charge is 0.227 e. The zero-order valence-corrected chi connectivity index (χ0v) is 12.7. The standard InChI is InChI=1S/C17H19NOS/c1-13-4-3-5-15(10-13)12-18(2)17(19)11-14-6-8-16(20)9-7-14/h3-10,20H,11-12H2,1-2H3. The van der Waals surface area contributed by atoms with Crippen LogP contribution in [0.2, 0.25) is 0 Å². The van der Waals surface area contributed by atoms with Gasteiger partial charge in [0.15, 0.2) is 0 Å². The Hall–Kier alpha value is -1.74. The number of rotatable bonds is 4. The van der Waals surface area contributed by atoms with Gasteiger partial charge in [0.1, 0.15) is 0 Å². The molecule has 0 saturated carbocycles. The van der Waals surface area contributed by atoms with E-state index >= 15 is 0 Å². The van der Waals surface area contributed by atoms with Crippen molar-refractivity contribution >= 4 is 18.5 Å². The fourth-order valence-electron chi connectivity index (χ4n) is 2.10. The first-order valence-corrected chi connectivity index (χ1v) is 7.07. The van der Waals surface area contributed by atoms with E-state index in [0.29, 0.717) is 13.0 Å². The second-order valence-electron chi connectivity index (χ2n) is 5.08. The summed E-state index contributed by atoms with van der Waals surface area (Å²) in [6.45, 7) is 2.70. The molecule has 2 nitrogen and oxygen atoms in total. The number of benzene rings is 2. The fourth-order valence-corrected chi connectivity index (χ4v) is 2.24. The lowest BCUT2D eigenvalue weighted by Gasteiger charge is -2.17. The molecular weight excluding hydrogens is 266 g/mol. The normalized spacial score (nSPS) is 10.3. The summed E-state index contributed by atoms with van der Waals surface area (Å²) in [6, 6.07) is 15.9. The summed E-state index contributed by atoms with van der Waals surface area (Å²) in [6.07, 6.45) is 0.427. The molecule has 0 fully saturated rings.